The number of carbonyl (C=O) groups excluding carboxylic acids is 1. The van der Waals surface area contributed by atoms with E-state index in [2.05, 4.69) is 13.8 Å². The number of hydrogen-bond acceptors (Lipinski definition) is 2. The molecule has 0 saturated heterocycles. The number of rotatable bonds is 4. The molecule has 82 valence electrons. The van der Waals surface area contributed by atoms with Crippen LogP contribution in [0.3, 0.4) is 0 Å². The van der Waals surface area contributed by atoms with Crippen molar-refractivity contribution >= 4 is 5.78 Å². The van der Waals surface area contributed by atoms with Crippen molar-refractivity contribution in [3.8, 4) is 5.75 Å². The predicted molar refractivity (Wildman–Crippen MR) is 61.3 cm³/mol. The molecule has 0 N–H and O–H groups in total. The monoisotopic (exact) mass is 206 g/mol. The predicted octanol–water partition coefficient (Wildman–Crippen LogP) is 3.17. The van der Waals surface area contributed by atoms with Gasteiger partial charge >= 0.3 is 0 Å². The van der Waals surface area contributed by atoms with Gasteiger partial charge in [0.2, 0.25) is 0 Å². The van der Waals surface area contributed by atoms with Crippen LogP contribution in [0, 0.1) is 11.8 Å². The fourth-order valence-corrected chi connectivity index (χ4v) is 1.40. The maximum absolute atomic E-state index is 12.1. The second-order valence-electron chi connectivity index (χ2n) is 4.10. The van der Waals surface area contributed by atoms with Gasteiger partial charge in [0, 0.05) is 5.92 Å². The van der Waals surface area contributed by atoms with Crippen molar-refractivity contribution in [3.63, 3.8) is 0 Å². The Balaban J connectivity index is 3.00. The highest BCUT2D eigenvalue weighted by molar-refractivity contribution is 6.00. The molecule has 1 aromatic carbocycles. The molecule has 1 rings (SSSR count). The molecule has 0 fully saturated rings. The van der Waals surface area contributed by atoms with Crippen LogP contribution in [0.2, 0.25) is 0 Å². The van der Waals surface area contributed by atoms with Crippen molar-refractivity contribution in [3.05, 3.63) is 29.8 Å². The number of carbonyl (C=O) groups is 1. The number of ketones is 1. The summed E-state index contributed by atoms with van der Waals surface area (Å²) in [5.41, 5.74) is 0.682. The lowest BCUT2D eigenvalue weighted by atomic mass is 9.89. The fraction of sp³-hybridized carbons (Fsp3) is 0.462. The summed E-state index contributed by atoms with van der Waals surface area (Å²) in [6, 6.07) is 7.37. The average Bonchev–Trinajstić information content (AvgIpc) is 2.26. The summed E-state index contributed by atoms with van der Waals surface area (Å²) in [5.74, 6) is 1.20. The molecule has 1 aromatic rings. The molecule has 2 nitrogen and oxygen atoms in total. The Kier molecular flexibility index (Phi) is 3.89. The molecule has 0 aliphatic heterocycles. The van der Waals surface area contributed by atoms with E-state index in [4.69, 9.17) is 4.74 Å². The highest BCUT2D eigenvalue weighted by atomic mass is 16.5. The van der Waals surface area contributed by atoms with E-state index in [1.807, 2.05) is 31.2 Å². The molecule has 0 heterocycles. The van der Waals surface area contributed by atoms with Crippen molar-refractivity contribution in [1.82, 2.24) is 0 Å². The van der Waals surface area contributed by atoms with E-state index >= 15 is 0 Å². The Bertz CT molecular complexity index is 342. The molecule has 2 heteroatoms. The van der Waals surface area contributed by atoms with E-state index in [1.165, 1.54) is 0 Å². The molecule has 15 heavy (non-hydrogen) atoms. The van der Waals surface area contributed by atoms with Crippen LogP contribution in [0.25, 0.3) is 0 Å². The van der Waals surface area contributed by atoms with Gasteiger partial charge in [-0.25, -0.2) is 0 Å². The first-order chi connectivity index (χ1) is 7.07. The smallest absolute Gasteiger partial charge is 0.169 e. The van der Waals surface area contributed by atoms with Crippen molar-refractivity contribution < 1.29 is 9.53 Å². The summed E-state index contributed by atoms with van der Waals surface area (Å²) in [6.45, 7) is 6.06. The second-order valence-corrected chi connectivity index (χ2v) is 4.10. The third kappa shape index (κ3) is 2.58. The van der Waals surface area contributed by atoms with Crippen molar-refractivity contribution in [2.45, 2.75) is 20.8 Å². The van der Waals surface area contributed by atoms with E-state index < -0.39 is 0 Å². The number of ether oxygens (including phenoxy) is 1. The van der Waals surface area contributed by atoms with Crippen LogP contribution in [-0.2, 0) is 0 Å². The van der Waals surface area contributed by atoms with Crippen LogP contribution in [-0.4, -0.2) is 12.9 Å². The van der Waals surface area contributed by atoms with Gasteiger partial charge in [0.15, 0.2) is 5.78 Å². The lowest BCUT2D eigenvalue weighted by molar-refractivity contribution is 0.0896. The number of para-hydroxylation sites is 1. The SMILES string of the molecule is COc1ccccc1C(=O)C(C)C(C)C. The zero-order valence-corrected chi connectivity index (χ0v) is 9.78. The maximum atomic E-state index is 12.1. The molecular formula is C13H18O2. The summed E-state index contributed by atoms with van der Waals surface area (Å²) >= 11 is 0. The molecule has 0 saturated carbocycles. The maximum Gasteiger partial charge on any atom is 0.169 e. The van der Waals surface area contributed by atoms with Gasteiger partial charge in [0.1, 0.15) is 5.75 Å². The van der Waals surface area contributed by atoms with Gasteiger partial charge in [0.25, 0.3) is 0 Å². The van der Waals surface area contributed by atoms with Gasteiger partial charge in [-0.2, -0.15) is 0 Å². The molecular weight excluding hydrogens is 188 g/mol. The van der Waals surface area contributed by atoms with Crippen molar-refractivity contribution in [2.75, 3.05) is 7.11 Å². The quantitative estimate of drug-likeness (QED) is 0.707. The first-order valence-corrected chi connectivity index (χ1v) is 5.25. The minimum atomic E-state index is 0.0290. The largest absolute Gasteiger partial charge is 0.496 e. The number of Topliss-reactive ketones (excluding diaryl/α,β-unsaturated/α-hetero) is 1. The highest BCUT2D eigenvalue weighted by Gasteiger charge is 2.20. The van der Waals surface area contributed by atoms with Gasteiger partial charge in [-0.3, -0.25) is 4.79 Å². The van der Waals surface area contributed by atoms with E-state index in [0.717, 1.165) is 0 Å². The summed E-state index contributed by atoms with van der Waals surface area (Å²) in [5, 5.41) is 0. The first-order valence-electron chi connectivity index (χ1n) is 5.25. The molecule has 1 atom stereocenters. The highest BCUT2D eigenvalue weighted by Crippen LogP contribution is 2.23. The summed E-state index contributed by atoms with van der Waals surface area (Å²) in [6.07, 6.45) is 0. The fourth-order valence-electron chi connectivity index (χ4n) is 1.40. The molecule has 0 bridgehead atoms. The van der Waals surface area contributed by atoms with Crippen LogP contribution in [0.1, 0.15) is 31.1 Å². The van der Waals surface area contributed by atoms with Gasteiger partial charge < -0.3 is 4.74 Å². The lowest BCUT2D eigenvalue weighted by Crippen LogP contribution is -2.17. The summed E-state index contributed by atoms with van der Waals surface area (Å²) < 4.78 is 5.18. The van der Waals surface area contributed by atoms with E-state index in [1.54, 1.807) is 7.11 Å². The van der Waals surface area contributed by atoms with Gasteiger partial charge in [-0.1, -0.05) is 32.9 Å². The number of methoxy groups -OCH3 is 1. The normalized spacial score (nSPS) is 12.6. The van der Waals surface area contributed by atoms with Crippen LogP contribution in [0.5, 0.6) is 5.75 Å². The van der Waals surface area contributed by atoms with Crippen LogP contribution in [0.4, 0.5) is 0 Å². The molecule has 0 aliphatic rings. The Hall–Kier alpha value is -1.31. The van der Waals surface area contributed by atoms with Gasteiger partial charge in [-0.15, -0.1) is 0 Å². The minimum Gasteiger partial charge on any atom is -0.496 e. The number of hydrogen-bond donors (Lipinski definition) is 0. The van der Waals surface area contributed by atoms with E-state index in [-0.39, 0.29) is 11.7 Å². The molecule has 0 aromatic heterocycles. The molecule has 0 amide bonds. The second kappa shape index (κ2) is 4.96. The summed E-state index contributed by atoms with van der Waals surface area (Å²) in [4.78, 5) is 12.1. The number of benzene rings is 1. The minimum absolute atomic E-state index is 0.0290. The third-order valence-electron chi connectivity index (χ3n) is 2.79. The molecule has 0 radical (unpaired) electrons. The average molecular weight is 206 g/mol. The Morgan fingerprint density at radius 2 is 1.80 bits per heavy atom. The van der Waals surface area contributed by atoms with Gasteiger partial charge in [0.05, 0.1) is 12.7 Å². The molecule has 0 spiro atoms. The van der Waals surface area contributed by atoms with E-state index in [0.29, 0.717) is 17.2 Å². The van der Waals surface area contributed by atoms with Crippen LogP contribution >= 0.6 is 0 Å². The zero-order valence-electron chi connectivity index (χ0n) is 9.78. The van der Waals surface area contributed by atoms with E-state index in [9.17, 15) is 4.79 Å². The van der Waals surface area contributed by atoms with Crippen molar-refractivity contribution in [1.29, 1.82) is 0 Å². The van der Waals surface area contributed by atoms with Crippen LogP contribution < -0.4 is 4.74 Å². The Morgan fingerprint density at radius 1 is 1.20 bits per heavy atom. The standard InChI is InChI=1S/C13H18O2/c1-9(2)10(3)13(14)11-7-5-6-8-12(11)15-4/h5-10H,1-4H3. The summed E-state index contributed by atoms with van der Waals surface area (Å²) in [7, 11) is 1.59. The Labute approximate surface area is 91.3 Å². The van der Waals surface area contributed by atoms with Crippen LogP contribution in [0.15, 0.2) is 24.3 Å². The topological polar surface area (TPSA) is 26.3 Å². The molecule has 1 unspecified atom stereocenters. The zero-order chi connectivity index (χ0) is 11.4. The Morgan fingerprint density at radius 3 is 2.33 bits per heavy atom. The van der Waals surface area contributed by atoms with Gasteiger partial charge in [-0.05, 0) is 18.1 Å². The lowest BCUT2D eigenvalue weighted by Gasteiger charge is -2.15. The first kappa shape index (κ1) is 11.8. The van der Waals surface area contributed by atoms with Crippen molar-refractivity contribution in [2.24, 2.45) is 11.8 Å². The molecule has 0 aliphatic carbocycles. The third-order valence-corrected chi connectivity index (χ3v) is 2.79.